The first-order valence-corrected chi connectivity index (χ1v) is 9.29. The number of aromatic amines is 1. The van der Waals surface area contributed by atoms with E-state index in [4.69, 9.17) is 14.2 Å². The second kappa shape index (κ2) is 8.16. The first-order chi connectivity index (χ1) is 14.6. The summed E-state index contributed by atoms with van der Waals surface area (Å²) in [5, 5.41) is 0.316. The molecule has 7 heteroatoms. The van der Waals surface area contributed by atoms with E-state index in [-0.39, 0.29) is 0 Å². The quantitative estimate of drug-likeness (QED) is 0.533. The van der Waals surface area contributed by atoms with Crippen molar-refractivity contribution in [3.63, 3.8) is 0 Å². The second-order valence-electron chi connectivity index (χ2n) is 6.56. The van der Waals surface area contributed by atoms with E-state index in [0.717, 1.165) is 10.1 Å². The minimum atomic E-state index is -0.572. The molecular formula is C23H20N2O5. The summed E-state index contributed by atoms with van der Waals surface area (Å²) in [7, 11) is 2.94. The van der Waals surface area contributed by atoms with Crippen molar-refractivity contribution in [1.29, 1.82) is 0 Å². The molecule has 0 atom stereocenters. The Morgan fingerprint density at radius 3 is 2.27 bits per heavy atom. The average Bonchev–Trinajstić information content (AvgIpc) is 2.78. The number of methoxy groups -OCH3 is 2. The molecule has 3 aromatic carbocycles. The van der Waals surface area contributed by atoms with E-state index < -0.39 is 11.2 Å². The van der Waals surface area contributed by atoms with Crippen LogP contribution in [-0.2, 0) is 6.61 Å². The molecule has 0 amide bonds. The van der Waals surface area contributed by atoms with E-state index in [1.165, 1.54) is 14.2 Å². The van der Waals surface area contributed by atoms with Gasteiger partial charge in [0.25, 0.3) is 5.56 Å². The van der Waals surface area contributed by atoms with Crippen molar-refractivity contribution >= 4 is 10.9 Å². The molecule has 152 valence electrons. The monoisotopic (exact) mass is 404 g/mol. The van der Waals surface area contributed by atoms with Crippen LogP contribution >= 0.6 is 0 Å². The summed E-state index contributed by atoms with van der Waals surface area (Å²) >= 11 is 0. The van der Waals surface area contributed by atoms with Gasteiger partial charge in [-0.2, -0.15) is 0 Å². The summed E-state index contributed by atoms with van der Waals surface area (Å²) in [6, 6.07) is 19.8. The maximum atomic E-state index is 13.0. The van der Waals surface area contributed by atoms with Crippen LogP contribution in [0, 0.1) is 0 Å². The van der Waals surface area contributed by atoms with Crippen molar-refractivity contribution in [2.45, 2.75) is 6.61 Å². The summed E-state index contributed by atoms with van der Waals surface area (Å²) in [5.74, 6) is 1.37. The third kappa shape index (κ3) is 3.53. The Bertz CT molecular complexity index is 1290. The van der Waals surface area contributed by atoms with Crippen molar-refractivity contribution in [2.75, 3.05) is 14.2 Å². The van der Waals surface area contributed by atoms with Gasteiger partial charge < -0.3 is 19.2 Å². The highest BCUT2D eigenvalue weighted by atomic mass is 16.5. The Morgan fingerprint density at radius 2 is 1.60 bits per heavy atom. The lowest BCUT2D eigenvalue weighted by Gasteiger charge is -2.12. The number of nitrogens with one attached hydrogen (secondary N) is 1. The molecule has 0 aliphatic heterocycles. The molecule has 0 spiro atoms. The lowest BCUT2D eigenvalue weighted by Crippen LogP contribution is -2.33. The van der Waals surface area contributed by atoms with Gasteiger partial charge in [0.05, 0.1) is 25.3 Å². The van der Waals surface area contributed by atoms with E-state index >= 15 is 0 Å². The Balaban J connectivity index is 1.69. The molecule has 7 nitrogen and oxygen atoms in total. The predicted octanol–water partition coefficient (Wildman–Crippen LogP) is 3.28. The Labute approximate surface area is 172 Å². The highest BCUT2D eigenvalue weighted by molar-refractivity contribution is 5.86. The number of ether oxygens (including phenoxy) is 3. The Morgan fingerprint density at radius 1 is 0.867 bits per heavy atom. The molecule has 0 saturated carbocycles. The lowest BCUT2D eigenvalue weighted by atomic mass is 10.2. The van der Waals surface area contributed by atoms with Crippen molar-refractivity contribution in [1.82, 2.24) is 9.55 Å². The van der Waals surface area contributed by atoms with Gasteiger partial charge in [-0.15, -0.1) is 0 Å². The molecule has 1 N–H and O–H groups in total. The number of nitrogens with zero attached hydrogens (tertiary/aromatic N) is 1. The fraction of sp³-hybridized carbons (Fsp3) is 0.130. The van der Waals surface area contributed by atoms with Gasteiger partial charge >= 0.3 is 5.69 Å². The van der Waals surface area contributed by atoms with Crippen LogP contribution in [0.2, 0.25) is 0 Å². The van der Waals surface area contributed by atoms with Gasteiger partial charge in [-0.1, -0.05) is 30.3 Å². The highest BCUT2D eigenvalue weighted by Crippen LogP contribution is 2.32. The molecule has 0 radical (unpaired) electrons. The van der Waals surface area contributed by atoms with Crippen LogP contribution in [0.15, 0.2) is 76.3 Å². The summed E-state index contributed by atoms with van der Waals surface area (Å²) < 4.78 is 17.4. The molecular weight excluding hydrogens is 384 g/mol. The maximum absolute atomic E-state index is 13.0. The normalized spacial score (nSPS) is 10.7. The first-order valence-electron chi connectivity index (χ1n) is 9.29. The molecule has 0 fully saturated rings. The number of H-pyrrole nitrogens is 1. The molecule has 0 aliphatic rings. The fourth-order valence-electron chi connectivity index (χ4n) is 3.27. The number of aromatic nitrogens is 2. The molecule has 30 heavy (non-hydrogen) atoms. The van der Waals surface area contributed by atoms with Crippen LogP contribution in [0.3, 0.4) is 0 Å². The van der Waals surface area contributed by atoms with Crippen LogP contribution in [0.5, 0.6) is 17.2 Å². The molecule has 1 heterocycles. The number of fused-ring (bicyclic) bond motifs is 1. The van der Waals surface area contributed by atoms with E-state index in [1.54, 1.807) is 36.4 Å². The molecule has 0 saturated heterocycles. The van der Waals surface area contributed by atoms with Gasteiger partial charge in [0.2, 0.25) is 0 Å². The Hall–Kier alpha value is -4.00. The van der Waals surface area contributed by atoms with Crippen LogP contribution in [0.4, 0.5) is 0 Å². The largest absolute Gasteiger partial charge is 0.493 e. The van der Waals surface area contributed by atoms with Crippen molar-refractivity contribution in [2.24, 2.45) is 0 Å². The van der Waals surface area contributed by atoms with Crippen LogP contribution in [0.25, 0.3) is 16.6 Å². The molecule has 0 aliphatic carbocycles. The molecule has 1 aromatic heterocycles. The third-order valence-corrected chi connectivity index (χ3v) is 4.76. The van der Waals surface area contributed by atoms with Gasteiger partial charge in [-0.25, -0.2) is 9.36 Å². The van der Waals surface area contributed by atoms with Crippen molar-refractivity contribution < 1.29 is 14.2 Å². The average molecular weight is 404 g/mol. The number of hydrogen-bond donors (Lipinski definition) is 1. The predicted molar refractivity (Wildman–Crippen MR) is 114 cm³/mol. The first kappa shape index (κ1) is 19.3. The number of hydrogen-bond acceptors (Lipinski definition) is 5. The number of rotatable bonds is 6. The van der Waals surface area contributed by atoms with Gasteiger partial charge in [0.15, 0.2) is 11.5 Å². The van der Waals surface area contributed by atoms with E-state index in [0.29, 0.717) is 40.4 Å². The van der Waals surface area contributed by atoms with Gasteiger partial charge in [0.1, 0.15) is 17.9 Å². The van der Waals surface area contributed by atoms with Crippen molar-refractivity contribution in [3.8, 4) is 22.9 Å². The van der Waals surface area contributed by atoms with E-state index in [2.05, 4.69) is 4.98 Å². The lowest BCUT2D eigenvalue weighted by molar-refractivity contribution is 0.306. The molecule has 0 unspecified atom stereocenters. The van der Waals surface area contributed by atoms with Crippen LogP contribution in [-0.4, -0.2) is 23.8 Å². The summed E-state index contributed by atoms with van der Waals surface area (Å²) in [6.45, 7) is 0.429. The van der Waals surface area contributed by atoms with Crippen molar-refractivity contribution in [3.05, 3.63) is 93.1 Å². The molecule has 4 aromatic rings. The van der Waals surface area contributed by atoms with Gasteiger partial charge in [0, 0.05) is 0 Å². The molecule has 0 bridgehead atoms. The highest BCUT2D eigenvalue weighted by Gasteiger charge is 2.16. The number of benzene rings is 3. The smallest absolute Gasteiger partial charge is 0.333 e. The van der Waals surface area contributed by atoms with E-state index in [9.17, 15) is 9.59 Å². The third-order valence-electron chi connectivity index (χ3n) is 4.76. The van der Waals surface area contributed by atoms with Gasteiger partial charge in [-0.05, 0) is 42.0 Å². The SMILES string of the molecule is COc1ccc2c(=O)n(-c3ccc(OCc4ccccc4)cc3)c(=O)[nH]c2c1OC. The second-order valence-corrected chi connectivity index (χ2v) is 6.56. The van der Waals surface area contributed by atoms with Crippen LogP contribution in [0.1, 0.15) is 5.56 Å². The summed E-state index contributed by atoms with van der Waals surface area (Å²) in [6.07, 6.45) is 0. The summed E-state index contributed by atoms with van der Waals surface area (Å²) in [5.41, 5.74) is 0.758. The van der Waals surface area contributed by atoms with E-state index in [1.807, 2.05) is 30.3 Å². The summed E-state index contributed by atoms with van der Waals surface area (Å²) in [4.78, 5) is 28.5. The minimum Gasteiger partial charge on any atom is -0.493 e. The minimum absolute atomic E-state index is 0.297. The van der Waals surface area contributed by atoms with Crippen LogP contribution < -0.4 is 25.5 Å². The fourth-order valence-corrected chi connectivity index (χ4v) is 3.27. The zero-order valence-corrected chi connectivity index (χ0v) is 16.5. The Kier molecular flexibility index (Phi) is 5.26. The zero-order chi connectivity index (χ0) is 21.1. The zero-order valence-electron chi connectivity index (χ0n) is 16.5. The molecule has 4 rings (SSSR count). The topological polar surface area (TPSA) is 82.5 Å². The standard InChI is InChI=1S/C23H20N2O5/c1-28-19-13-12-18-20(21(19)29-2)24-23(27)25(22(18)26)16-8-10-17(11-9-16)30-14-15-6-4-3-5-7-15/h3-13H,14H2,1-2H3,(H,24,27). The maximum Gasteiger partial charge on any atom is 0.333 e. The van der Waals surface area contributed by atoms with Gasteiger partial charge in [-0.3, -0.25) is 4.79 Å².